The van der Waals surface area contributed by atoms with Crippen LogP contribution in [0.3, 0.4) is 0 Å². The minimum absolute atomic E-state index is 0.500. The molecule has 1 aliphatic carbocycles. The summed E-state index contributed by atoms with van der Waals surface area (Å²) in [7, 11) is 1.70. The van der Waals surface area contributed by atoms with Gasteiger partial charge >= 0.3 is 0 Å². The third-order valence-electron chi connectivity index (χ3n) is 4.14. The molecular weight excluding hydrogens is 282 g/mol. The largest absolute Gasteiger partial charge is 0.496 e. The Bertz CT molecular complexity index is 654. The molecule has 0 bridgehead atoms. The van der Waals surface area contributed by atoms with Crippen LogP contribution in [0.1, 0.15) is 30.5 Å². The van der Waals surface area contributed by atoms with Crippen LogP contribution in [0.25, 0.3) is 11.1 Å². The quantitative estimate of drug-likeness (QED) is 0.890. The lowest BCUT2D eigenvalue weighted by Crippen LogP contribution is -2.18. The smallest absolute Gasteiger partial charge is 0.126 e. The first-order valence-corrected chi connectivity index (χ1v) is 7.81. The van der Waals surface area contributed by atoms with E-state index in [1.165, 1.54) is 23.1 Å². The Hall–Kier alpha value is -1.51. The lowest BCUT2D eigenvalue weighted by atomic mass is 9.99. The standard InChI is InChI=1S/C18H20ClNO/c1-3-20-17-8-5-12-10-13(4-7-15(12)17)16-11-14(19)6-9-18(16)21-2/h4,6-7,9-11,17,20H,3,5,8H2,1-2H3. The number of methoxy groups -OCH3 is 1. The summed E-state index contributed by atoms with van der Waals surface area (Å²) in [5.41, 5.74) is 5.09. The highest BCUT2D eigenvalue weighted by Gasteiger charge is 2.22. The van der Waals surface area contributed by atoms with Gasteiger partial charge in [-0.05, 0) is 54.3 Å². The van der Waals surface area contributed by atoms with Crippen LogP contribution in [0.15, 0.2) is 36.4 Å². The molecule has 1 aliphatic rings. The Morgan fingerprint density at radius 1 is 1.24 bits per heavy atom. The van der Waals surface area contributed by atoms with E-state index >= 15 is 0 Å². The van der Waals surface area contributed by atoms with Crippen LogP contribution in [0, 0.1) is 0 Å². The lowest BCUT2D eigenvalue weighted by Gasteiger charge is -2.14. The molecule has 110 valence electrons. The molecule has 0 aromatic heterocycles. The first-order chi connectivity index (χ1) is 10.2. The van der Waals surface area contributed by atoms with Crippen molar-refractivity contribution in [2.75, 3.05) is 13.7 Å². The predicted molar refractivity (Wildman–Crippen MR) is 88.2 cm³/mol. The summed E-state index contributed by atoms with van der Waals surface area (Å²) in [6.07, 6.45) is 2.31. The van der Waals surface area contributed by atoms with Gasteiger partial charge in [0.1, 0.15) is 5.75 Å². The zero-order chi connectivity index (χ0) is 14.8. The van der Waals surface area contributed by atoms with Crippen LogP contribution < -0.4 is 10.1 Å². The van der Waals surface area contributed by atoms with Crippen molar-refractivity contribution < 1.29 is 4.74 Å². The lowest BCUT2D eigenvalue weighted by molar-refractivity contribution is 0.416. The van der Waals surface area contributed by atoms with Crippen LogP contribution >= 0.6 is 11.6 Å². The van der Waals surface area contributed by atoms with Crippen LogP contribution in [0.4, 0.5) is 0 Å². The Kier molecular flexibility index (Phi) is 4.18. The van der Waals surface area contributed by atoms with Crippen LogP contribution in [0.2, 0.25) is 5.02 Å². The number of hydrogen-bond donors (Lipinski definition) is 1. The molecule has 0 saturated heterocycles. The van der Waals surface area contributed by atoms with Gasteiger partial charge in [0.05, 0.1) is 7.11 Å². The van der Waals surface area contributed by atoms with E-state index in [4.69, 9.17) is 16.3 Å². The molecule has 0 aliphatic heterocycles. The van der Waals surface area contributed by atoms with Crippen molar-refractivity contribution in [3.05, 3.63) is 52.5 Å². The number of benzene rings is 2. The fourth-order valence-electron chi connectivity index (χ4n) is 3.15. The van der Waals surface area contributed by atoms with Crippen molar-refractivity contribution >= 4 is 11.6 Å². The van der Waals surface area contributed by atoms with Gasteiger partial charge in [-0.25, -0.2) is 0 Å². The van der Waals surface area contributed by atoms with Crippen LogP contribution in [-0.2, 0) is 6.42 Å². The third-order valence-corrected chi connectivity index (χ3v) is 4.38. The number of hydrogen-bond acceptors (Lipinski definition) is 2. The Morgan fingerprint density at radius 2 is 2.10 bits per heavy atom. The Balaban J connectivity index is 2.00. The van der Waals surface area contributed by atoms with E-state index in [2.05, 4.69) is 30.4 Å². The van der Waals surface area contributed by atoms with E-state index in [-0.39, 0.29) is 0 Å². The molecule has 2 aromatic carbocycles. The molecule has 1 N–H and O–H groups in total. The molecule has 0 spiro atoms. The van der Waals surface area contributed by atoms with Gasteiger partial charge in [0.25, 0.3) is 0 Å². The normalized spacial score (nSPS) is 16.8. The second-order valence-corrected chi connectivity index (χ2v) is 5.84. The summed E-state index contributed by atoms with van der Waals surface area (Å²) in [6, 6.07) is 12.9. The number of rotatable bonds is 4. The molecule has 3 rings (SSSR count). The molecule has 1 atom stereocenters. The minimum atomic E-state index is 0.500. The molecule has 21 heavy (non-hydrogen) atoms. The highest BCUT2D eigenvalue weighted by molar-refractivity contribution is 6.31. The topological polar surface area (TPSA) is 21.3 Å². The molecule has 0 fully saturated rings. The predicted octanol–water partition coefficient (Wildman–Crippen LogP) is 4.61. The van der Waals surface area contributed by atoms with Gasteiger partial charge in [-0.3, -0.25) is 0 Å². The van der Waals surface area contributed by atoms with E-state index in [0.29, 0.717) is 6.04 Å². The van der Waals surface area contributed by atoms with Gasteiger partial charge in [-0.15, -0.1) is 0 Å². The number of fused-ring (bicyclic) bond motifs is 1. The highest BCUT2D eigenvalue weighted by Crippen LogP contribution is 2.37. The third kappa shape index (κ3) is 2.78. The first-order valence-electron chi connectivity index (χ1n) is 7.43. The van der Waals surface area contributed by atoms with Gasteiger partial charge in [0.2, 0.25) is 0 Å². The van der Waals surface area contributed by atoms with Crippen molar-refractivity contribution in [2.45, 2.75) is 25.8 Å². The van der Waals surface area contributed by atoms with Gasteiger partial charge in [0.15, 0.2) is 0 Å². The van der Waals surface area contributed by atoms with E-state index in [0.717, 1.165) is 29.3 Å². The second kappa shape index (κ2) is 6.08. The van der Waals surface area contributed by atoms with Crippen molar-refractivity contribution in [3.8, 4) is 16.9 Å². The molecule has 0 saturated carbocycles. The molecule has 0 heterocycles. The number of aryl methyl sites for hydroxylation is 1. The van der Waals surface area contributed by atoms with Crippen molar-refractivity contribution in [1.29, 1.82) is 0 Å². The van der Waals surface area contributed by atoms with Crippen LogP contribution in [-0.4, -0.2) is 13.7 Å². The maximum atomic E-state index is 6.14. The molecular formula is C18H20ClNO. The van der Waals surface area contributed by atoms with E-state index in [9.17, 15) is 0 Å². The second-order valence-electron chi connectivity index (χ2n) is 5.41. The van der Waals surface area contributed by atoms with Crippen molar-refractivity contribution in [3.63, 3.8) is 0 Å². The highest BCUT2D eigenvalue weighted by atomic mass is 35.5. The average molecular weight is 302 g/mol. The number of nitrogens with one attached hydrogen (secondary N) is 1. The molecule has 2 aromatic rings. The summed E-state index contributed by atoms with van der Waals surface area (Å²) in [4.78, 5) is 0. The molecule has 3 heteroatoms. The fourth-order valence-corrected chi connectivity index (χ4v) is 3.32. The SMILES string of the molecule is CCNC1CCc2cc(-c3cc(Cl)ccc3OC)ccc21. The summed E-state index contributed by atoms with van der Waals surface area (Å²) in [5, 5.41) is 4.28. The Labute approximate surface area is 131 Å². The molecule has 0 radical (unpaired) electrons. The van der Waals surface area contributed by atoms with Crippen molar-refractivity contribution in [1.82, 2.24) is 5.32 Å². The van der Waals surface area contributed by atoms with E-state index in [1.54, 1.807) is 7.11 Å². The fraction of sp³-hybridized carbons (Fsp3) is 0.333. The summed E-state index contributed by atoms with van der Waals surface area (Å²) >= 11 is 6.14. The maximum Gasteiger partial charge on any atom is 0.126 e. The monoisotopic (exact) mass is 301 g/mol. The average Bonchev–Trinajstić information content (AvgIpc) is 2.90. The van der Waals surface area contributed by atoms with Crippen LogP contribution in [0.5, 0.6) is 5.75 Å². The summed E-state index contributed by atoms with van der Waals surface area (Å²) in [5.74, 6) is 0.862. The maximum absolute atomic E-state index is 6.14. The summed E-state index contributed by atoms with van der Waals surface area (Å²) in [6.45, 7) is 3.16. The van der Waals surface area contributed by atoms with Gasteiger partial charge in [-0.2, -0.15) is 0 Å². The van der Waals surface area contributed by atoms with Gasteiger partial charge in [-0.1, -0.05) is 36.7 Å². The van der Waals surface area contributed by atoms with Gasteiger partial charge < -0.3 is 10.1 Å². The molecule has 2 nitrogen and oxygen atoms in total. The minimum Gasteiger partial charge on any atom is -0.496 e. The van der Waals surface area contributed by atoms with E-state index in [1.807, 2.05) is 18.2 Å². The first kappa shape index (κ1) is 14.4. The Morgan fingerprint density at radius 3 is 2.86 bits per heavy atom. The zero-order valence-electron chi connectivity index (χ0n) is 12.4. The van der Waals surface area contributed by atoms with Gasteiger partial charge in [0, 0.05) is 16.6 Å². The number of ether oxygens (including phenoxy) is 1. The molecule has 1 unspecified atom stereocenters. The number of halogens is 1. The molecule has 0 amide bonds. The van der Waals surface area contributed by atoms with E-state index < -0.39 is 0 Å². The zero-order valence-corrected chi connectivity index (χ0v) is 13.2. The van der Waals surface area contributed by atoms with Crippen molar-refractivity contribution in [2.24, 2.45) is 0 Å². The summed E-state index contributed by atoms with van der Waals surface area (Å²) < 4.78 is 5.46.